The highest BCUT2D eigenvalue weighted by atomic mass is 19.1. The molecule has 1 amide bonds. The number of aromatic amines is 1. The molecule has 0 bridgehead atoms. The quantitative estimate of drug-likeness (QED) is 0.651. The molecule has 3 N–H and O–H groups in total. The van der Waals surface area contributed by atoms with Gasteiger partial charge in [0.2, 0.25) is 0 Å². The summed E-state index contributed by atoms with van der Waals surface area (Å²) in [4.78, 5) is 15.1. The molecule has 0 saturated heterocycles. The van der Waals surface area contributed by atoms with E-state index in [0.717, 1.165) is 10.9 Å². The van der Waals surface area contributed by atoms with Gasteiger partial charge in [0.1, 0.15) is 24.3 Å². The van der Waals surface area contributed by atoms with Crippen molar-refractivity contribution in [2.75, 3.05) is 13.2 Å². The summed E-state index contributed by atoms with van der Waals surface area (Å²) in [7, 11) is 0. The number of benzene rings is 2. The largest absolute Gasteiger partial charge is 0.491 e. The van der Waals surface area contributed by atoms with Crippen molar-refractivity contribution >= 4 is 16.8 Å². The molecule has 3 rings (SSSR count). The molecular formula is C18H17FN2O3. The lowest BCUT2D eigenvalue weighted by Crippen LogP contribution is -2.35. The number of ether oxygens (including phenoxy) is 1. The molecule has 5 nitrogen and oxygen atoms in total. The van der Waals surface area contributed by atoms with Crippen LogP contribution in [0.2, 0.25) is 0 Å². The van der Waals surface area contributed by atoms with Gasteiger partial charge in [-0.1, -0.05) is 12.1 Å². The number of carbonyl (C=O) groups is 1. The van der Waals surface area contributed by atoms with Crippen molar-refractivity contribution in [2.45, 2.75) is 6.10 Å². The summed E-state index contributed by atoms with van der Waals surface area (Å²) in [6.07, 6.45) is 0.909. The molecule has 3 aromatic rings. The van der Waals surface area contributed by atoms with Crippen molar-refractivity contribution in [2.24, 2.45) is 0 Å². The van der Waals surface area contributed by atoms with E-state index in [1.807, 2.05) is 12.1 Å². The van der Waals surface area contributed by atoms with Crippen LogP contribution < -0.4 is 10.1 Å². The molecule has 2 aromatic carbocycles. The van der Waals surface area contributed by atoms with E-state index >= 15 is 0 Å². The number of fused-ring (bicyclic) bond motifs is 1. The number of hydrogen-bond donors (Lipinski definition) is 3. The fourth-order valence-corrected chi connectivity index (χ4v) is 2.31. The highest BCUT2D eigenvalue weighted by Crippen LogP contribution is 2.14. The van der Waals surface area contributed by atoms with Crippen molar-refractivity contribution < 1.29 is 19.0 Å². The number of aromatic nitrogens is 1. The molecule has 6 heteroatoms. The summed E-state index contributed by atoms with van der Waals surface area (Å²) in [5, 5.41) is 13.5. The van der Waals surface area contributed by atoms with E-state index in [-0.39, 0.29) is 19.1 Å². The molecule has 0 spiro atoms. The number of aliphatic hydroxyl groups excluding tert-OH is 1. The minimum absolute atomic E-state index is 0.0386. The maximum Gasteiger partial charge on any atom is 0.251 e. The molecule has 1 atom stereocenters. The number of nitrogens with one attached hydrogen (secondary N) is 2. The van der Waals surface area contributed by atoms with E-state index in [1.165, 1.54) is 18.2 Å². The van der Waals surface area contributed by atoms with Gasteiger partial charge in [0.05, 0.1) is 0 Å². The van der Waals surface area contributed by atoms with E-state index < -0.39 is 11.9 Å². The van der Waals surface area contributed by atoms with Crippen LogP contribution in [-0.4, -0.2) is 35.3 Å². The zero-order valence-electron chi connectivity index (χ0n) is 12.8. The number of H-pyrrole nitrogens is 1. The SMILES string of the molecule is O=C(NC[C@@H](O)COc1cccc(F)c1)c1ccc2cc[nH]c2c1. The van der Waals surface area contributed by atoms with Gasteiger partial charge in [-0.15, -0.1) is 0 Å². The fraction of sp³-hybridized carbons (Fsp3) is 0.167. The molecule has 24 heavy (non-hydrogen) atoms. The van der Waals surface area contributed by atoms with E-state index in [4.69, 9.17) is 4.74 Å². The number of amides is 1. The van der Waals surface area contributed by atoms with Crippen LogP contribution in [0.4, 0.5) is 4.39 Å². The molecular weight excluding hydrogens is 311 g/mol. The molecule has 124 valence electrons. The Hall–Kier alpha value is -2.86. The van der Waals surface area contributed by atoms with Crippen LogP contribution in [-0.2, 0) is 0 Å². The van der Waals surface area contributed by atoms with Crippen LogP contribution in [0.5, 0.6) is 5.75 Å². The number of hydrogen-bond acceptors (Lipinski definition) is 3. The smallest absolute Gasteiger partial charge is 0.251 e. The van der Waals surface area contributed by atoms with Gasteiger partial charge in [0.25, 0.3) is 5.91 Å². The molecule has 0 unspecified atom stereocenters. The Morgan fingerprint density at radius 2 is 2.12 bits per heavy atom. The normalized spacial score (nSPS) is 12.1. The van der Waals surface area contributed by atoms with Gasteiger partial charge < -0.3 is 20.1 Å². The zero-order chi connectivity index (χ0) is 16.9. The first-order valence-electron chi connectivity index (χ1n) is 7.53. The Morgan fingerprint density at radius 3 is 2.96 bits per heavy atom. The summed E-state index contributed by atoms with van der Waals surface area (Å²) >= 11 is 0. The van der Waals surface area contributed by atoms with E-state index in [1.54, 1.807) is 24.4 Å². The molecule has 0 aliphatic heterocycles. The van der Waals surface area contributed by atoms with Crippen LogP contribution in [0.3, 0.4) is 0 Å². The average Bonchev–Trinajstić information content (AvgIpc) is 3.05. The van der Waals surface area contributed by atoms with Crippen molar-refractivity contribution in [3.05, 3.63) is 66.1 Å². The Kier molecular flexibility index (Phi) is 4.77. The van der Waals surface area contributed by atoms with Gasteiger partial charge in [-0.2, -0.15) is 0 Å². The Bertz CT molecular complexity index is 847. The minimum atomic E-state index is -0.897. The molecule has 0 fully saturated rings. The minimum Gasteiger partial charge on any atom is -0.491 e. The first-order valence-corrected chi connectivity index (χ1v) is 7.53. The third-order valence-electron chi connectivity index (χ3n) is 3.55. The van der Waals surface area contributed by atoms with Gasteiger partial charge in [0, 0.05) is 29.9 Å². The molecule has 1 heterocycles. The van der Waals surface area contributed by atoms with Gasteiger partial charge in [-0.25, -0.2) is 4.39 Å². The van der Waals surface area contributed by atoms with Gasteiger partial charge >= 0.3 is 0 Å². The maximum absolute atomic E-state index is 13.0. The average molecular weight is 328 g/mol. The second-order valence-electron chi connectivity index (χ2n) is 5.41. The molecule has 1 aromatic heterocycles. The molecule has 0 aliphatic carbocycles. The molecule has 0 radical (unpaired) electrons. The second-order valence-corrected chi connectivity index (χ2v) is 5.41. The predicted molar refractivity (Wildman–Crippen MR) is 88.5 cm³/mol. The van der Waals surface area contributed by atoms with Crippen LogP contribution in [0.1, 0.15) is 10.4 Å². The number of carbonyl (C=O) groups excluding carboxylic acids is 1. The summed E-state index contributed by atoms with van der Waals surface area (Å²) < 4.78 is 18.3. The van der Waals surface area contributed by atoms with Crippen molar-refractivity contribution in [3.63, 3.8) is 0 Å². The zero-order valence-corrected chi connectivity index (χ0v) is 12.8. The van der Waals surface area contributed by atoms with E-state index in [2.05, 4.69) is 10.3 Å². The highest BCUT2D eigenvalue weighted by Gasteiger charge is 2.11. The van der Waals surface area contributed by atoms with E-state index in [9.17, 15) is 14.3 Å². The Morgan fingerprint density at radius 1 is 1.25 bits per heavy atom. The van der Waals surface area contributed by atoms with Crippen molar-refractivity contribution in [1.82, 2.24) is 10.3 Å². The van der Waals surface area contributed by atoms with Crippen LogP contribution in [0.25, 0.3) is 10.9 Å². The lowest BCUT2D eigenvalue weighted by atomic mass is 10.1. The van der Waals surface area contributed by atoms with Crippen LogP contribution >= 0.6 is 0 Å². The fourth-order valence-electron chi connectivity index (χ4n) is 2.31. The highest BCUT2D eigenvalue weighted by molar-refractivity contribution is 5.97. The third kappa shape index (κ3) is 3.91. The number of rotatable bonds is 6. The maximum atomic E-state index is 13.0. The summed E-state index contributed by atoms with van der Waals surface area (Å²) in [5.74, 6) is -0.358. The van der Waals surface area contributed by atoms with Gasteiger partial charge in [-0.3, -0.25) is 4.79 Å². The monoisotopic (exact) mass is 328 g/mol. The van der Waals surface area contributed by atoms with Gasteiger partial charge in [-0.05, 0) is 35.7 Å². The standard InChI is InChI=1S/C18H17FN2O3/c19-14-2-1-3-16(9-14)24-11-15(22)10-21-18(23)13-5-4-12-6-7-20-17(12)8-13/h1-9,15,20,22H,10-11H2,(H,21,23)/t15-/m1/s1. The first-order chi connectivity index (χ1) is 11.6. The van der Waals surface area contributed by atoms with Crippen LogP contribution in [0, 0.1) is 5.82 Å². The predicted octanol–water partition coefficient (Wildman–Crippen LogP) is 2.48. The number of halogens is 1. The summed E-state index contributed by atoms with van der Waals surface area (Å²) in [5.41, 5.74) is 1.38. The lowest BCUT2D eigenvalue weighted by molar-refractivity contribution is 0.0843. The number of aliphatic hydroxyl groups is 1. The van der Waals surface area contributed by atoms with E-state index in [0.29, 0.717) is 11.3 Å². The first kappa shape index (κ1) is 16.0. The third-order valence-corrected chi connectivity index (χ3v) is 3.55. The second kappa shape index (κ2) is 7.14. The van der Waals surface area contributed by atoms with Crippen molar-refractivity contribution in [1.29, 1.82) is 0 Å². The Balaban J connectivity index is 1.50. The van der Waals surface area contributed by atoms with Crippen LogP contribution in [0.15, 0.2) is 54.7 Å². The van der Waals surface area contributed by atoms with Crippen molar-refractivity contribution in [3.8, 4) is 5.75 Å². The summed E-state index contributed by atoms with van der Waals surface area (Å²) in [6.45, 7) is -0.00366. The summed E-state index contributed by atoms with van der Waals surface area (Å²) in [6, 6.07) is 12.9. The lowest BCUT2D eigenvalue weighted by Gasteiger charge is -2.13. The molecule has 0 saturated carbocycles. The topological polar surface area (TPSA) is 74.3 Å². The van der Waals surface area contributed by atoms with Gasteiger partial charge in [0.15, 0.2) is 0 Å². The molecule has 0 aliphatic rings. The Labute approximate surface area is 138 Å².